The summed E-state index contributed by atoms with van der Waals surface area (Å²) in [5, 5.41) is 3.48. The van der Waals surface area contributed by atoms with Crippen LogP contribution >= 0.6 is 0 Å². The molecule has 0 spiro atoms. The van der Waals surface area contributed by atoms with E-state index in [0.717, 1.165) is 23.6 Å². The molecule has 0 saturated carbocycles. The Balaban J connectivity index is 1.90. The molecule has 96 valence electrons. The molecule has 1 heterocycles. The zero-order chi connectivity index (χ0) is 13.0. The Morgan fingerprint density at radius 3 is 2.61 bits per heavy atom. The molecular weight excluding hydrogens is 224 g/mol. The number of nitrogens with zero attached hydrogens (tertiary/aromatic N) is 1. The second-order valence-electron chi connectivity index (χ2n) is 4.77. The highest BCUT2D eigenvalue weighted by Gasteiger charge is 2.13. The van der Waals surface area contributed by atoms with Crippen LogP contribution in [0.4, 0.5) is 11.4 Å². The number of anilines is 2. The van der Waals surface area contributed by atoms with Gasteiger partial charge in [-0.05, 0) is 37.1 Å². The van der Waals surface area contributed by atoms with Crippen LogP contribution in [0.25, 0.3) is 0 Å². The van der Waals surface area contributed by atoms with Gasteiger partial charge in [0, 0.05) is 36.2 Å². The SMILES string of the molecule is CC(Cc1ncc[nH]1)C(C)Nc1ccc(N)cc1. The van der Waals surface area contributed by atoms with Gasteiger partial charge in [-0.1, -0.05) is 6.92 Å². The minimum atomic E-state index is 0.374. The molecule has 18 heavy (non-hydrogen) atoms. The molecule has 0 bridgehead atoms. The number of H-pyrrole nitrogens is 1. The molecule has 0 radical (unpaired) electrons. The average Bonchev–Trinajstić information content (AvgIpc) is 2.85. The van der Waals surface area contributed by atoms with E-state index in [1.54, 1.807) is 6.20 Å². The van der Waals surface area contributed by atoms with E-state index in [9.17, 15) is 0 Å². The second kappa shape index (κ2) is 5.58. The summed E-state index contributed by atoms with van der Waals surface area (Å²) in [5.41, 5.74) is 7.56. The number of hydrogen-bond acceptors (Lipinski definition) is 3. The second-order valence-corrected chi connectivity index (χ2v) is 4.77. The van der Waals surface area contributed by atoms with Crippen LogP contribution < -0.4 is 11.1 Å². The predicted octanol–water partition coefficient (Wildman–Crippen LogP) is 2.67. The summed E-state index contributed by atoms with van der Waals surface area (Å²) >= 11 is 0. The summed E-state index contributed by atoms with van der Waals surface area (Å²) in [5.74, 6) is 1.53. The highest BCUT2D eigenvalue weighted by Crippen LogP contribution is 2.16. The summed E-state index contributed by atoms with van der Waals surface area (Å²) < 4.78 is 0. The van der Waals surface area contributed by atoms with Gasteiger partial charge in [0.25, 0.3) is 0 Å². The fraction of sp³-hybridized carbons (Fsp3) is 0.357. The van der Waals surface area contributed by atoms with Crippen LogP contribution in [0.1, 0.15) is 19.7 Å². The maximum Gasteiger partial charge on any atom is 0.106 e. The van der Waals surface area contributed by atoms with Crippen molar-refractivity contribution in [2.45, 2.75) is 26.3 Å². The predicted molar refractivity (Wildman–Crippen MR) is 75.4 cm³/mol. The third-order valence-electron chi connectivity index (χ3n) is 3.23. The first kappa shape index (κ1) is 12.5. The molecule has 0 aliphatic carbocycles. The van der Waals surface area contributed by atoms with Gasteiger partial charge in [-0.3, -0.25) is 0 Å². The quantitative estimate of drug-likeness (QED) is 0.708. The molecule has 0 aliphatic heterocycles. The summed E-state index contributed by atoms with van der Waals surface area (Å²) in [4.78, 5) is 7.40. The van der Waals surface area contributed by atoms with Crippen LogP contribution in [-0.2, 0) is 6.42 Å². The van der Waals surface area contributed by atoms with Crippen molar-refractivity contribution in [1.82, 2.24) is 9.97 Å². The largest absolute Gasteiger partial charge is 0.399 e. The van der Waals surface area contributed by atoms with E-state index in [1.807, 2.05) is 30.5 Å². The lowest BCUT2D eigenvalue weighted by Crippen LogP contribution is -2.25. The zero-order valence-corrected chi connectivity index (χ0v) is 10.9. The van der Waals surface area contributed by atoms with Gasteiger partial charge in [0.1, 0.15) is 5.82 Å². The lowest BCUT2D eigenvalue weighted by atomic mass is 9.99. The minimum absolute atomic E-state index is 0.374. The number of imidazole rings is 1. The van der Waals surface area contributed by atoms with Crippen molar-refractivity contribution in [3.05, 3.63) is 42.5 Å². The summed E-state index contributed by atoms with van der Waals surface area (Å²) in [6, 6.07) is 8.20. The fourth-order valence-electron chi connectivity index (χ4n) is 1.88. The molecule has 0 aliphatic rings. The van der Waals surface area contributed by atoms with Gasteiger partial charge < -0.3 is 16.0 Å². The van der Waals surface area contributed by atoms with Crippen molar-refractivity contribution >= 4 is 11.4 Å². The van der Waals surface area contributed by atoms with Crippen molar-refractivity contribution in [2.24, 2.45) is 5.92 Å². The van der Waals surface area contributed by atoms with Crippen molar-refractivity contribution in [1.29, 1.82) is 0 Å². The molecule has 4 N–H and O–H groups in total. The highest BCUT2D eigenvalue weighted by molar-refractivity contribution is 5.51. The van der Waals surface area contributed by atoms with Crippen molar-refractivity contribution in [2.75, 3.05) is 11.1 Å². The molecule has 4 heteroatoms. The number of nitrogen functional groups attached to an aromatic ring is 1. The maximum absolute atomic E-state index is 5.67. The van der Waals surface area contributed by atoms with Crippen molar-refractivity contribution < 1.29 is 0 Å². The van der Waals surface area contributed by atoms with Gasteiger partial charge in [0.2, 0.25) is 0 Å². The topological polar surface area (TPSA) is 66.7 Å². The third-order valence-corrected chi connectivity index (χ3v) is 3.23. The normalized spacial score (nSPS) is 14.1. The van der Waals surface area contributed by atoms with E-state index in [4.69, 9.17) is 5.73 Å². The van der Waals surface area contributed by atoms with E-state index in [-0.39, 0.29) is 0 Å². The Morgan fingerprint density at radius 2 is 2.00 bits per heavy atom. The van der Waals surface area contributed by atoms with Gasteiger partial charge in [0.05, 0.1) is 0 Å². The summed E-state index contributed by atoms with van der Waals surface area (Å²) in [7, 11) is 0. The number of aromatic nitrogens is 2. The zero-order valence-electron chi connectivity index (χ0n) is 10.9. The monoisotopic (exact) mass is 244 g/mol. The molecule has 1 aromatic heterocycles. The number of nitrogens with one attached hydrogen (secondary N) is 2. The van der Waals surface area contributed by atoms with E-state index < -0.39 is 0 Å². The standard InChI is InChI=1S/C14H20N4/c1-10(9-14-16-7-8-17-14)11(2)18-13-5-3-12(15)4-6-13/h3-8,10-11,18H,9,15H2,1-2H3,(H,16,17). The average molecular weight is 244 g/mol. The first-order chi connectivity index (χ1) is 8.65. The van der Waals surface area contributed by atoms with Crippen molar-refractivity contribution in [3.8, 4) is 0 Å². The van der Waals surface area contributed by atoms with Gasteiger partial charge >= 0.3 is 0 Å². The molecular formula is C14H20N4. The fourth-order valence-corrected chi connectivity index (χ4v) is 1.88. The molecule has 2 aromatic rings. The van der Waals surface area contributed by atoms with Gasteiger partial charge in [-0.15, -0.1) is 0 Å². The smallest absolute Gasteiger partial charge is 0.106 e. The molecule has 4 nitrogen and oxygen atoms in total. The number of rotatable bonds is 5. The Morgan fingerprint density at radius 1 is 1.28 bits per heavy atom. The number of nitrogens with two attached hydrogens (primary N) is 1. The Bertz CT molecular complexity index is 461. The van der Waals surface area contributed by atoms with E-state index in [1.165, 1.54) is 0 Å². The number of benzene rings is 1. The van der Waals surface area contributed by atoms with Crippen LogP contribution in [0.3, 0.4) is 0 Å². The Kier molecular flexibility index (Phi) is 3.87. The molecule has 2 unspecified atom stereocenters. The molecule has 2 rings (SSSR count). The van der Waals surface area contributed by atoms with Gasteiger partial charge in [-0.2, -0.15) is 0 Å². The first-order valence-electron chi connectivity index (χ1n) is 6.25. The minimum Gasteiger partial charge on any atom is -0.399 e. The molecule has 0 saturated heterocycles. The van der Waals surface area contributed by atoms with E-state index in [2.05, 4.69) is 29.1 Å². The highest BCUT2D eigenvalue weighted by atomic mass is 14.9. The molecule has 1 aromatic carbocycles. The van der Waals surface area contributed by atoms with Crippen molar-refractivity contribution in [3.63, 3.8) is 0 Å². The van der Waals surface area contributed by atoms with Crippen LogP contribution in [0.5, 0.6) is 0 Å². The molecule has 0 fully saturated rings. The van der Waals surface area contributed by atoms with E-state index >= 15 is 0 Å². The van der Waals surface area contributed by atoms with Crippen LogP contribution in [0.2, 0.25) is 0 Å². The molecule has 0 amide bonds. The van der Waals surface area contributed by atoms with Crippen LogP contribution in [0, 0.1) is 5.92 Å². The van der Waals surface area contributed by atoms with Crippen LogP contribution in [-0.4, -0.2) is 16.0 Å². The maximum atomic E-state index is 5.67. The summed E-state index contributed by atoms with van der Waals surface area (Å²) in [6.07, 6.45) is 4.59. The molecule has 2 atom stereocenters. The van der Waals surface area contributed by atoms with Gasteiger partial charge in [-0.25, -0.2) is 4.98 Å². The third kappa shape index (κ3) is 3.26. The lowest BCUT2D eigenvalue weighted by Gasteiger charge is -2.21. The lowest BCUT2D eigenvalue weighted by molar-refractivity contribution is 0.497. The first-order valence-corrected chi connectivity index (χ1v) is 6.25. The van der Waals surface area contributed by atoms with E-state index in [0.29, 0.717) is 12.0 Å². The van der Waals surface area contributed by atoms with Crippen LogP contribution in [0.15, 0.2) is 36.7 Å². The summed E-state index contributed by atoms with van der Waals surface area (Å²) in [6.45, 7) is 4.40. The number of hydrogen-bond donors (Lipinski definition) is 3. The Labute approximate surface area is 108 Å². The number of aromatic amines is 1. The van der Waals surface area contributed by atoms with Gasteiger partial charge in [0.15, 0.2) is 0 Å². The Hall–Kier alpha value is -1.97.